The molecule has 0 saturated carbocycles. The topological polar surface area (TPSA) is 43.1 Å². The van der Waals surface area contributed by atoms with Gasteiger partial charge in [-0.2, -0.15) is 0 Å². The molecule has 1 amide bonds. The van der Waals surface area contributed by atoms with Gasteiger partial charge in [0.25, 0.3) is 5.91 Å². The molecule has 5 heteroatoms. The molecule has 1 fully saturated rings. The zero-order valence-electron chi connectivity index (χ0n) is 16.3. The van der Waals surface area contributed by atoms with E-state index in [1.807, 2.05) is 47.1 Å². The van der Waals surface area contributed by atoms with Crippen molar-refractivity contribution in [3.05, 3.63) is 54.2 Å². The third-order valence-electron chi connectivity index (χ3n) is 5.70. The molecule has 0 bridgehead atoms. The van der Waals surface area contributed by atoms with E-state index in [1.54, 1.807) is 0 Å². The largest absolute Gasteiger partial charge is 0.350 e. The van der Waals surface area contributed by atoms with Gasteiger partial charge in [-0.25, -0.2) is 4.98 Å². The molecular weight excluding hydrogens is 336 g/mol. The van der Waals surface area contributed by atoms with Gasteiger partial charge in [-0.15, -0.1) is 0 Å². The highest BCUT2D eigenvalue weighted by Gasteiger charge is 2.29. The molecule has 0 radical (unpaired) electrons. The number of carbonyl (C=O) groups excluding carboxylic acids is 1. The highest BCUT2D eigenvalue weighted by atomic mass is 16.2. The zero-order chi connectivity index (χ0) is 18.8. The van der Waals surface area contributed by atoms with Crippen LogP contribution in [0, 0.1) is 0 Å². The van der Waals surface area contributed by atoms with Crippen LogP contribution in [0.1, 0.15) is 54.7 Å². The average Bonchev–Trinajstić information content (AvgIpc) is 3.31. The summed E-state index contributed by atoms with van der Waals surface area (Å²) in [4.78, 5) is 19.9. The standard InChI is InChI=1S/C22H28N4O/c1-3-4-12-25-14-11-23-21(25)17-8-7-13-26(15-17)22(27)19-16-24(2)20-10-6-5-9-18(19)20/h5-6,9-11,14,16-17H,3-4,7-8,12-13,15H2,1-2H3. The number of nitrogens with zero attached hydrogens (tertiary/aromatic N) is 4. The molecule has 27 heavy (non-hydrogen) atoms. The van der Waals surface area contributed by atoms with Crippen molar-refractivity contribution >= 4 is 16.8 Å². The van der Waals surface area contributed by atoms with Crippen molar-refractivity contribution in [2.75, 3.05) is 13.1 Å². The Morgan fingerprint density at radius 1 is 1.30 bits per heavy atom. The molecule has 1 atom stereocenters. The second-order valence-corrected chi connectivity index (χ2v) is 7.59. The van der Waals surface area contributed by atoms with Crippen LogP contribution in [-0.4, -0.2) is 38.0 Å². The Morgan fingerprint density at radius 2 is 2.15 bits per heavy atom. The first-order chi connectivity index (χ1) is 13.2. The van der Waals surface area contributed by atoms with Gasteiger partial charge in [0, 0.05) is 62.1 Å². The van der Waals surface area contributed by atoms with E-state index in [0.717, 1.165) is 61.2 Å². The molecule has 142 valence electrons. The Morgan fingerprint density at radius 3 is 3.00 bits per heavy atom. The van der Waals surface area contributed by atoms with E-state index < -0.39 is 0 Å². The van der Waals surface area contributed by atoms with E-state index >= 15 is 0 Å². The number of amides is 1. The molecule has 1 aromatic carbocycles. The summed E-state index contributed by atoms with van der Waals surface area (Å²) in [5.41, 5.74) is 1.91. The Labute approximate surface area is 160 Å². The highest BCUT2D eigenvalue weighted by Crippen LogP contribution is 2.29. The first-order valence-electron chi connectivity index (χ1n) is 10.0. The van der Waals surface area contributed by atoms with Crippen LogP contribution in [0.25, 0.3) is 10.9 Å². The van der Waals surface area contributed by atoms with Crippen molar-refractivity contribution in [2.45, 2.75) is 45.1 Å². The summed E-state index contributed by atoms with van der Waals surface area (Å²) in [6.07, 6.45) is 10.4. The van der Waals surface area contributed by atoms with Gasteiger partial charge in [0.1, 0.15) is 5.82 Å². The van der Waals surface area contributed by atoms with Crippen LogP contribution in [0.2, 0.25) is 0 Å². The SMILES string of the molecule is CCCCn1ccnc1C1CCCN(C(=O)c2cn(C)c3ccccc23)C1. The van der Waals surface area contributed by atoms with Gasteiger partial charge in [0.05, 0.1) is 5.56 Å². The number of para-hydroxylation sites is 1. The normalized spacial score (nSPS) is 17.6. The second kappa shape index (κ2) is 7.59. The minimum Gasteiger partial charge on any atom is -0.350 e. The fraction of sp³-hybridized carbons (Fsp3) is 0.455. The lowest BCUT2D eigenvalue weighted by molar-refractivity contribution is 0.0705. The Kier molecular flexibility index (Phi) is 5.01. The fourth-order valence-corrected chi connectivity index (χ4v) is 4.25. The van der Waals surface area contributed by atoms with Gasteiger partial charge < -0.3 is 14.0 Å². The summed E-state index contributed by atoms with van der Waals surface area (Å²) in [7, 11) is 2.00. The van der Waals surface area contributed by atoms with Crippen LogP contribution in [0.4, 0.5) is 0 Å². The Balaban J connectivity index is 1.56. The highest BCUT2D eigenvalue weighted by molar-refractivity contribution is 6.07. The lowest BCUT2D eigenvalue weighted by Gasteiger charge is -2.32. The number of hydrogen-bond acceptors (Lipinski definition) is 2. The summed E-state index contributed by atoms with van der Waals surface area (Å²) in [6.45, 7) is 4.81. The molecule has 0 spiro atoms. The summed E-state index contributed by atoms with van der Waals surface area (Å²) in [6, 6.07) is 8.13. The van der Waals surface area contributed by atoms with E-state index in [4.69, 9.17) is 0 Å². The summed E-state index contributed by atoms with van der Waals surface area (Å²) < 4.78 is 4.32. The predicted molar refractivity (Wildman–Crippen MR) is 108 cm³/mol. The Hall–Kier alpha value is -2.56. The quantitative estimate of drug-likeness (QED) is 0.681. The van der Waals surface area contributed by atoms with Crippen molar-refractivity contribution in [1.82, 2.24) is 19.0 Å². The first kappa shape index (κ1) is 17.8. The molecule has 1 aliphatic rings. The number of fused-ring (bicyclic) bond motifs is 1. The maximum Gasteiger partial charge on any atom is 0.256 e. The number of hydrogen-bond donors (Lipinski definition) is 0. The third kappa shape index (κ3) is 3.38. The minimum atomic E-state index is 0.142. The van der Waals surface area contributed by atoms with Crippen LogP contribution in [-0.2, 0) is 13.6 Å². The third-order valence-corrected chi connectivity index (χ3v) is 5.70. The lowest BCUT2D eigenvalue weighted by Crippen LogP contribution is -2.39. The zero-order valence-corrected chi connectivity index (χ0v) is 16.3. The predicted octanol–water partition coefficient (Wildman–Crippen LogP) is 4.19. The first-order valence-corrected chi connectivity index (χ1v) is 10.0. The van der Waals surface area contributed by atoms with Crippen molar-refractivity contribution in [2.24, 2.45) is 7.05 Å². The number of likely N-dealkylation sites (tertiary alicyclic amines) is 1. The smallest absolute Gasteiger partial charge is 0.256 e. The summed E-state index contributed by atoms with van der Waals surface area (Å²) in [5, 5.41) is 1.04. The maximum absolute atomic E-state index is 13.3. The van der Waals surface area contributed by atoms with Crippen LogP contribution < -0.4 is 0 Å². The molecule has 1 unspecified atom stereocenters. The van der Waals surface area contributed by atoms with E-state index in [0.29, 0.717) is 5.92 Å². The maximum atomic E-state index is 13.3. The van der Waals surface area contributed by atoms with Gasteiger partial charge >= 0.3 is 0 Å². The molecule has 0 N–H and O–H groups in total. The van der Waals surface area contributed by atoms with E-state index in [-0.39, 0.29) is 5.91 Å². The molecule has 1 saturated heterocycles. The van der Waals surface area contributed by atoms with Crippen molar-refractivity contribution in [3.8, 4) is 0 Å². The summed E-state index contributed by atoms with van der Waals surface area (Å²) in [5.74, 6) is 1.60. The number of rotatable bonds is 5. The molecule has 3 aromatic rings. The summed E-state index contributed by atoms with van der Waals surface area (Å²) >= 11 is 0. The number of benzene rings is 1. The van der Waals surface area contributed by atoms with E-state index in [1.165, 1.54) is 6.42 Å². The molecule has 5 nitrogen and oxygen atoms in total. The van der Waals surface area contributed by atoms with Crippen molar-refractivity contribution < 1.29 is 4.79 Å². The van der Waals surface area contributed by atoms with Gasteiger partial charge in [0.15, 0.2) is 0 Å². The average molecular weight is 364 g/mol. The Bertz CT molecular complexity index is 939. The van der Waals surface area contributed by atoms with Gasteiger partial charge in [-0.3, -0.25) is 4.79 Å². The van der Waals surface area contributed by atoms with Crippen molar-refractivity contribution in [1.29, 1.82) is 0 Å². The minimum absolute atomic E-state index is 0.142. The number of piperidine rings is 1. The molecule has 2 aromatic heterocycles. The van der Waals surface area contributed by atoms with Gasteiger partial charge in [0.2, 0.25) is 0 Å². The van der Waals surface area contributed by atoms with Gasteiger partial charge in [-0.05, 0) is 25.3 Å². The fourth-order valence-electron chi connectivity index (χ4n) is 4.25. The van der Waals surface area contributed by atoms with Crippen molar-refractivity contribution in [3.63, 3.8) is 0 Å². The van der Waals surface area contributed by atoms with Gasteiger partial charge in [-0.1, -0.05) is 31.5 Å². The lowest BCUT2D eigenvalue weighted by atomic mass is 9.96. The van der Waals surface area contributed by atoms with Crippen LogP contribution >= 0.6 is 0 Å². The van der Waals surface area contributed by atoms with E-state index in [9.17, 15) is 4.79 Å². The molecule has 4 rings (SSSR count). The molecule has 1 aliphatic heterocycles. The molecule has 3 heterocycles. The van der Waals surface area contributed by atoms with E-state index in [2.05, 4.69) is 28.7 Å². The second-order valence-electron chi connectivity index (χ2n) is 7.59. The number of aromatic nitrogens is 3. The molecule has 0 aliphatic carbocycles. The number of unbranched alkanes of at least 4 members (excludes halogenated alkanes) is 1. The number of carbonyl (C=O) groups is 1. The van der Waals surface area contributed by atoms with Crippen LogP contribution in [0.3, 0.4) is 0 Å². The molecular formula is C22H28N4O. The number of imidazole rings is 1. The van der Waals surface area contributed by atoms with Crippen LogP contribution in [0.15, 0.2) is 42.9 Å². The van der Waals surface area contributed by atoms with Crippen LogP contribution in [0.5, 0.6) is 0 Å². The monoisotopic (exact) mass is 364 g/mol. The number of aryl methyl sites for hydroxylation is 2.